The number of halogens is 1. The van der Waals surface area contributed by atoms with Gasteiger partial charge >= 0.3 is 0 Å². The molecule has 1 aliphatic rings. The molecule has 2 N–H and O–H groups in total. The standard InChI is InChI=1S/C15H23BrN2/c1-15(2,3)12-6-7-18(10-12)14-5-4-11(9-17)8-13(14)16/h4-5,8,12H,6-7,9-10,17H2,1-3H3. The molecule has 0 saturated carbocycles. The van der Waals surface area contributed by atoms with Crippen LogP contribution in [0, 0.1) is 11.3 Å². The summed E-state index contributed by atoms with van der Waals surface area (Å²) >= 11 is 3.67. The third-order valence-electron chi connectivity index (χ3n) is 4.00. The van der Waals surface area contributed by atoms with Crippen LogP contribution in [0.1, 0.15) is 32.8 Å². The molecule has 1 aromatic rings. The number of nitrogens with two attached hydrogens (primary N) is 1. The van der Waals surface area contributed by atoms with E-state index in [0.29, 0.717) is 12.0 Å². The molecule has 1 heterocycles. The van der Waals surface area contributed by atoms with Crippen molar-refractivity contribution in [3.05, 3.63) is 28.2 Å². The van der Waals surface area contributed by atoms with Crippen molar-refractivity contribution in [3.63, 3.8) is 0 Å². The van der Waals surface area contributed by atoms with Crippen LogP contribution >= 0.6 is 15.9 Å². The molecule has 2 nitrogen and oxygen atoms in total. The first-order valence-corrected chi connectivity index (χ1v) is 7.44. The highest BCUT2D eigenvalue weighted by atomic mass is 79.9. The van der Waals surface area contributed by atoms with Crippen molar-refractivity contribution in [2.24, 2.45) is 17.1 Å². The van der Waals surface area contributed by atoms with Crippen molar-refractivity contribution in [2.45, 2.75) is 33.7 Å². The molecule has 1 aromatic carbocycles. The number of hydrogen-bond donors (Lipinski definition) is 1. The summed E-state index contributed by atoms with van der Waals surface area (Å²) < 4.78 is 1.17. The van der Waals surface area contributed by atoms with Crippen LogP contribution in [0.4, 0.5) is 5.69 Å². The molecule has 0 aliphatic carbocycles. The van der Waals surface area contributed by atoms with Gasteiger partial charge in [0.15, 0.2) is 0 Å². The van der Waals surface area contributed by atoms with Crippen molar-refractivity contribution in [1.82, 2.24) is 0 Å². The van der Waals surface area contributed by atoms with Gasteiger partial charge in [0.1, 0.15) is 0 Å². The highest BCUT2D eigenvalue weighted by molar-refractivity contribution is 9.10. The quantitative estimate of drug-likeness (QED) is 0.900. The Morgan fingerprint density at radius 1 is 1.39 bits per heavy atom. The molecule has 0 radical (unpaired) electrons. The topological polar surface area (TPSA) is 29.3 Å². The monoisotopic (exact) mass is 310 g/mol. The Labute approximate surface area is 119 Å². The first kappa shape index (κ1) is 13.9. The van der Waals surface area contributed by atoms with Crippen molar-refractivity contribution in [2.75, 3.05) is 18.0 Å². The van der Waals surface area contributed by atoms with Gasteiger partial charge in [-0.25, -0.2) is 0 Å². The molecule has 1 unspecified atom stereocenters. The highest BCUT2D eigenvalue weighted by Crippen LogP contribution is 2.37. The molecule has 0 bridgehead atoms. The molecule has 3 heteroatoms. The van der Waals surface area contributed by atoms with E-state index in [-0.39, 0.29) is 0 Å². The van der Waals surface area contributed by atoms with Crippen molar-refractivity contribution >= 4 is 21.6 Å². The van der Waals surface area contributed by atoms with Gasteiger partial charge in [-0.05, 0) is 51.4 Å². The highest BCUT2D eigenvalue weighted by Gasteiger charge is 2.32. The van der Waals surface area contributed by atoms with Gasteiger partial charge in [-0.3, -0.25) is 0 Å². The van der Waals surface area contributed by atoms with Crippen molar-refractivity contribution in [3.8, 4) is 0 Å². The second kappa shape index (κ2) is 5.22. The van der Waals surface area contributed by atoms with Crippen LogP contribution in [0.15, 0.2) is 22.7 Å². The fraction of sp³-hybridized carbons (Fsp3) is 0.600. The van der Waals surface area contributed by atoms with Gasteiger partial charge in [0.05, 0.1) is 5.69 Å². The van der Waals surface area contributed by atoms with E-state index in [4.69, 9.17) is 5.73 Å². The minimum Gasteiger partial charge on any atom is -0.370 e. The summed E-state index contributed by atoms with van der Waals surface area (Å²) in [5.41, 5.74) is 8.55. The van der Waals surface area contributed by atoms with E-state index < -0.39 is 0 Å². The smallest absolute Gasteiger partial charge is 0.0510 e. The number of anilines is 1. The third kappa shape index (κ3) is 2.89. The maximum Gasteiger partial charge on any atom is 0.0510 e. The summed E-state index contributed by atoms with van der Waals surface area (Å²) in [5, 5.41) is 0. The summed E-state index contributed by atoms with van der Waals surface area (Å²) in [5.74, 6) is 0.776. The molecule has 0 amide bonds. The van der Waals surface area contributed by atoms with Crippen LogP contribution in [0.5, 0.6) is 0 Å². The zero-order valence-corrected chi connectivity index (χ0v) is 13.1. The molecule has 100 valence electrons. The Bertz CT molecular complexity index is 423. The summed E-state index contributed by atoms with van der Waals surface area (Å²) in [7, 11) is 0. The Hall–Kier alpha value is -0.540. The molecule has 2 rings (SSSR count). The lowest BCUT2D eigenvalue weighted by Crippen LogP contribution is -2.26. The number of rotatable bonds is 2. The van der Waals surface area contributed by atoms with E-state index in [9.17, 15) is 0 Å². The lowest BCUT2D eigenvalue weighted by molar-refractivity contribution is 0.263. The van der Waals surface area contributed by atoms with Gasteiger partial charge in [-0.15, -0.1) is 0 Å². The molecular weight excluding hydrogens is 288 g/mol. The Balaban J connectivity index is 2.14. The average Bonchev–Trinajstić information content (AvgIpc) is 2.77. The van der Waals surface area contributed by atoms with Crippen molar-refractivity contribution in [1.29, 1.82) is 0 Å². The number of nitrogens with zero attached hydrogens (tertiary/aromatic N) is 1. The average molecular weight is 311 g/mol. The maximum atomic E-state index is 5.67. The fourth-order valence-electron chi connectivity index (χ4n) is 2.62. The molecule has 0 aromatic heterocycles. The zero-order valence-electron chi connectivity index (χ0n) is 11.5. The van der Waals surface area contributed by atoms with Gasteiger partial charge in [0.2, 0.25) is 0 Å². The van der Waals surface area contributed by atoms with Gasteiger partial charge in [-0.1, -0.05) is 26.8 Å². The SMILES string of the molecule is CC(C)(C)C1CCN(c2ccc(CN)cc2Br)C1. The van der Waals surface area contributed by atoms with E-state index in [2.05, 4.69) is 59.8 Å². The van der Waals surface area contributed by atoms with Gasteiger partial charge in [0, 0.05) is 24.1 Å². The molecule has 1 fully saturated rings. The van der Waals surface area contributed by atoms with E-state index in [0.717, 1.165) is 19.0 Å². The molecule has 1 saturated heterocycles. The first-order valence-electron chi connectivity index (χ1n) is 6.65. The fourth-order valence-corrected chi connectivity index (χ4v) is 3.30. The zero-order chi connectivity index (χ0) is 13.3. The molecule has 1 aliphatic heterocycles. The van der Waals surface area contributed by atoms with E-state index in [1.807, 2.05) is 0 Å². The summed E-state index contributed by atoms with van der Waals surface area (Å²) in [6, 6.07) is 6.46. The largest absolute Gasteiger partial charge is 0.370 e. The maximum absolute atomic E-state index is 5.67. The predicted molar refractivity (Wildman–Crippen MR) is 81.8 cm³/mol. The summed E-state index contributed by atoms with van der Waals surface area (Å²) in [6.45, 7) is 9.94. The lowest BCUT2D eigenvalue weighted by atomic mass is 9.80. The summed E-state index contributed by atoms with van der Waals surface area (Å²) in [4.78, 5) is 2.49. The van der Waals surface area contributed by atoms with E-state index in [1.165, 1.54) is 22.1 Å². The molecule has 1 atom stereocenters. The van der Waals surface area contributed by atoms with E-state index in [1.54, 1.807) is 0 Å². The van der Waals surface area contributed by atoms with Gasteiger partial charge < -0.3 is 10.6 Å². The van der Waals surface area contributed by atoms with Crippen LogP contribution in [0.2, 0.25) is 0 Å². The number of benzene rings is 1. The Morgan fingerprint density at radius 2 is 2.11 bits per heavy atom. The van der Waals surface area contributed by atoms with Crippen LogP contribution in [-0.2, 0) is 6.54 Å². The molecule has 0 spiro atoms. The van der Waals surface area contributed by atoms with Gasteiger partial charge in [0.25, 0.3) is 0 Å². The normalized spacial score (nSPS) is 20.5. The van der Waals surface area contributed by atoms with Crippen LogP contribution in [0.25, 0.3) is 0 Å². The van der Waals surface area contributed by atoms with Crippen LogP contribution in [-0.4, -0.2) is 13.1 Å². The van der Waals surface area contributed by atoms with Crippen LogP contribution in [0.3, 0.4) is 0 Å². The first-order chi connectivity index (χ1) is 8.41. The Kier molecular flexibility index (Phi) is 4.02. The minimum absolute atomic E-state index is 0.401. The number of hydrogen-bond acceptors (Lipinski definition) is 2. The Morgan fingerprint density at radius 3 is 2.61 bits per heavy atom. The third-order valence-corrected chi connectivity index (χ3v) is 4.64. The second-order valence-electron chi connectivity index (χ2n) is 6.29. The minimum atomic E-state index is 0.401. The lowest BCUT2D eigenvalue weighted by Gasteiger charge is -2.28. The van der Waals surface area contributed by atoms with Crippen LogP contribution < -0.4 is 10.6 Å². The molecular formula is C15H23BrN2. The molecule has 18 heavy (non-hydrogen) atoms. The second-order valence-corrected chi connectivity index (χ2v) is 7.14. The van der Waals surface area contributed by atoms with Crippen molar-refractivity contribution < 1.29 is 0 Å². The predicted octanol–water partition coefficient (Wildman–Crippen LogP) is 3.78. The van der Waals surface area contributed by atoms with Gasteiger partial charge in [-0.2, -0.15) is 0 Å². The summed E-state index contributed by atoms with van der Waals surface area (Å²) in [6.07, 6.45) is 1.29. The van der Waals surface area contributed by atoms with E-state index >= 15 is 0 Å².